The lowest BCUT2D eigenvalue weighted by atomic mass is 10.1. The lowest BCUT2D eigenvalue weighted by Crippen LogP contribution is -2.25. The Morgan fingerprint density at radius 2 is 2.20 bits per heavy atom. The quantitative estimate of drug-likeness (QED) is 0.347. The van der Waals surface area contributed by atoms with Crippen LogP contribution in [0.1, 0.15) is 30.6 Å². The fourth-order valence-electron chi connectivity index (χ4n) is 1.30. The molecule has 0 aliphatic heterocycles. The van der Waals surface area contributed by atoms with Gasteiger partial charge >= 0.3 is 11.7 Å². The second-order valence-corrected chi connectivity index (χ2v) is 5.02. The maximum atomic E-state index is 11.8. The van der Waals surface area contributed by atoms with Gasteiger partial charge in [0.2, 0.25) is 0 Å². The highest BCUT2D eigenvalue weighted by Gasteiger charge is 2.24. The molecule has 20 heavy (non-hydrogen) atoms. The Bertz CT molecular complexity index is 519. The maximum absolute atomic E-state index is 11.8. The summed E-state index contributed by atoms with van der Waals surface area (Å²) in [6.07, 6.45) is 1.39. The molecule has 1 heterocycles. The van der Waals surface area contributed by atoms with Gasteiger partial charge in [-0.2, -0.15) is 0 Å². The van der Waals surface area contributed by atoms with E-state index in [1.807, 2.05) is 13.8 Å². The van der Waals surface area contributed by atoms with E-state index in [9.17, 15) is 14.9 Å². The summed E-state index contributed by atoms with van der Waals surface area (Å²) in [4.78, 5) is 25.5. The van der Waals surface area contributed by atoms with Gasteiger partial charge in [0.05, 0.1) is 17.1 Å². The first-order chi connectivity index (χ1) is 9.26. The van der Waals surface area contributed by atoms with Crippen molar-refractivity contribution in [1.82, 2.24) is 4.98 Å². The highest BCUT2D eigenvalue weighted by atomic mass is 35.5. The van der Waals surface area contributed by atoms with E-state index in [4.69, 9.17) is 21.1 Å². The second kappa shape index (κ2) is 6.62. The third-order valence-electron chi connectivity index (χ3n) is 2.76. The van der Waals surface area contributed by atoms with Crippen molar-refractivity contribution < 1.29 is 19.2 Å². The smallest absolute Gasteiger partial charge is 0.345 e. The van der Waals surface area contributed by atoms with Crippen molar-refractivity contribution in [2.45, 2.75) is 25.9 Å². The molecular formula is C12H15ClN2O5. The molecule has 0 bridgehead atoms. The van der Waals surface area contributed by atoms with Gasteiger partial charge in [-0.1, -0.05) is 11.6 Å². The van der Waals surface area contributed by atoms with Crippen molar-refractivity contribution in [2.75, 3.05) is 13.7 Å². The fraction of sp³-hybridized carbons (Fsp3) is 0.500. The number of esters is 1. The Balaban J connectivity index is 2.77. The molecule has 8 heteroatoms. The van der Waals surface area contributed by atoms with E-state index < -0.39 is 22.2 Å². The van der Waals surface area contributed by atoms with E-state index in [1.54, 1.807) is 7.11 Å². The predicted molar refractivity (Wildman–Crippen MR) is 71.9 cm³/mol. The van der Waals surface area contributed by atoms with E-state index in [-0.39, 0.29) is 17.3 Å². The zero-order valence-electron chi connectivity index (χ0n) is 11.4. The van der Waals surface area contributed by atoms with E-state index in [0.29, 0.717) is 6.42 Å². The fourth-order valence-corrected chi connectivity index (χ4v) is 1.46. The van der Waals surface area contributed by atoms with Crippen LogP contribution in [0.4, 0.5) is 5.69 Å². The van der Waals surface area contributed by atoms with Gasteiger partial charge in [-0.3, -0.25) is 10.1 Å². The Morgan fingerprint density at radius 1 is 1.55 bits per heavy atom. The van der Waals surface area contributed by atoms with Crippen LogP contribution in [-0.2, 0) is 9.47 Å². The van der Waals surface area contributed by atoms with Gasteiger partial charge in [0.15, 0.2) is 0 Å². The van der Waals surface area contributed by atoms with E-state index in [1.165, 1.54) is 0 Å². The van der Waals surface area contributed by atoms with Crippen LogP contribution in [-0.4, -0.2) is 35.2 Å². The van der Waals surface area contributed by atoms with Crippen LogP contribution in [0, 0.1) is 10.1 Å². The van der Waals surface area contributed by atoms with Crippen LogP contribution in [0.25, 0.3) is 0 Å². The number of nitrogens with zero attached hydrogens (tertiary/aromatic N) is 2. The molecular weight excluding hydrogens is 288 g/mol. The number of pyridine rings is 1. The molecule has 0 aromatic carbocycles. The largest absolute Gasteiger partial charge is 0.462 e. The lowest BCUT2D eigenvalue weighted by molar-refractivity contribution is -0.385. The Labute approximate surface area is 121 Å². The Kier molecular flexibility index (Phi) is 5.41. The topological polar surface area (TPSA) is 91.6 Å². The molecule has 0 atom stereocenters. The number of carbonyl (C=O) groups excluding carboxylic acids is 1. The maximum Gasteiger partial charge on any atom is 0.345 e. The molecule has 0 saturated heterocycles. The molecule has 7 nitrogen and oxygen atoms in total. The minimum absolute atomic E-state index is 0.0141. The van der Waals surface area contributed by atoms with E-state index in [0.717, 1.165) is 12.3 Å². The normalized spacial score (nSPS) is 11.2. The Morgan fingerprint density at radius 3 is 2.75 bits per heavy atom. The number of carbonyl (C=O) groups is 1. The summed E-state index contributed by atoms with van der Waals surface area (Å²) in [5.41, 5.74) is -1.10. The summed E-state index contributed by atoms with van der Waals surface area (Å²) in [6, 6.07) is 1.11. The summed E-state index contributed by atoms with van der Waals surface area (Å²) < 4.78 is 10.2. The summed E-state index contributed by atoms with van der Waals surface area (Å²) >= 11 is 5.63. The molecule has 0 unspecified atom stereocenters. The SMILES string of the molecule is COC(C)(C)CCOC(=O)c1cc(Cl)ncc1[N+](=O)[O-]. The Hall–Kier alpha value is -1.73. The van der Waals surface area contributed by atoms with Crippen molar-refractivity contribution in [3.05, 3.63) is 33.1 Å². The molecule has 0 radical (unpaired) electrons. The molecule has 0 aliphatic rings. The summed E-state index contributed by atoms with van der Waals surface area (Å²) in [7, 11) is 1.55. The van der Waals surface area contributed by atoms with Crippen LogP contribution >= 0.6 is 11.6 Å². The molecule has 0 aliphatic carbocycles. The minimum atomic E-state index is -0.812. The average Bonchev–Trinajstić information content (AvgIpc) is 2.37. The molecule has 0 spiro atoms. The number of aromatic nitrogens is 1. The van der Waals surface area contributed by atoms with Gasteiger partial charge in [-0.15, -0.1) is 0 Å². The predicted octanol–water partition coefficient (Wildman–Crippen LogP) is 2.62. The van der Waals surface area contributed by atoms with Gasteiger partial charge in [-0.05, 0) is 19.9 Å². The second-order valence-electron chi connectivity index (χ2n) is 4.63. The minimum Gasteiger partial charge on any atom is -0.462 e. The molecule has 0 amide bonds. The molecule has 1 aromatic rings. The van der Waals surface area contributed by atoms with Crippen LogP contribution in [0.3, 0.4) is 0 Å². The van der Waals surface area contributed by atoms with Crippen molar-refractivity contribution in [3.63, 3.8) is 0 Å². The van der Waals surface area contributed by atoms with Gasteiger partial charge in [0.1, 0.15) is 16.9 Å². The van der Waals surface area contributed by atoms with E-state index in [2.05, 4.69) is 4.98 Å². The molecule has 1 aromatic heterocycles. The molecule has 1 rings (SSSR count). The van der Waals surface area contributed by atoms with Crippen LogP contribution in [0.5, 0.6) is 0 Å². The lowest BCUT2D eigenvalue weighted by Gasteiger charge is -2.22. The first kappa shape index (κ1) is 16.3. The summed E-state index contributed by atoms with van der Waals surface area (Å²) in [5, 5.41) is 10.8. The first-order valence-corrected chi connectivity index (χ1v) is 6.17. The number of hydrogen-bond donors (Lipinski definition) is 0. The number of ether oxygens (including phenoxy) is 2. The van der Waals surface area contributed by atoms with Gasteiger partial charge in [0.25, 0.3) is 0 Å². The zero-order chi connectivity index (χ0) is 15.3. The number of methoxy groups -OCH3 is 1. The third kappa shape index (κ3) is 4.43. The standard InChI is InChI=1S/C12H15ClN2O5/c1-12(2,19-3)4-5-20-11(16)8-6-10(13)14-7-9(8)15(17)18/h6-7H,4-5H2,1-3H3. The van der Waals surface area contributed by atoms with Crippen LogP contribution in [0.15, 0.2) is 12.3 Å². The van der Waals surface area contributed by atoms with Crippen LogP contribution in [0.2, 0.25) is 5.15 Å². The first-order valence-electron chi connectivity index (χ1n) is 5.79. The van der Waals surface area contributed by atoms with Crippen LogP contribution < -0.4 is 0 Å². The van der Waals surface area contributed by atoms with Crippen molar-refractivity contribution in [2.24, 2.45) is 0 Å². The highest BCUT2D eigenvalue weighted by molar-refractivity contribution is 6.29. The van der Waals surface area contributed by atoms with Crippen molar-refractivity contribution in [3.8, 4) is 0 Å². The van der Waals surface area contributed by atoms with Gasteiger partial charge in [0, 0.05) is 13.5 Å². The third-order valence-corrected chi connectivity index (χ3v) is 2.96. The monoisotopic (exact) mass is 302 g/mol. The van der Waals surface area contributed by atoms with E-state index >= 15 is 0 Å². The van der Waals surface area contributed by atoms with Crippen molar-refractivity contribution >= 4 is 23.3 Å². The molecule has 110 valence electrons. The van der Waals surface area contributed by atoms with Gasteiger partial charge < -0.3 is 9.47 Å². The number of nitro groups is 1. The number of halogens is 1. The number of hydrogen-bond acceptors (Lipinski definition) is 6. The van der Waals surface area contributed by atoms with Gasteiger partial charge in [-0.25, -0.2) is 9.78 Å². The van der Waals surface area contributed by atoms with Crippen molar-refractivity contribution in [1.29, 1.82) is 0 Å². The summed E-state index contributed by atoms with van der Waals surface area (Å²) in [6.45, 7) is 3.76. The molecule has 0 N–H and O–H groups in total. The molecule has 0 saturated carbocycles. The summed E-state index contributed by atoms with van der Waals surface area (Å²) in [5.74, 6) is -0.812. The number of rotatable bonds is 6. The molecule has 0 fully saturated rings. The zero-order valence-corrected chi connectivity index (χ0v) is 12.1. The average molecular weight is 303 g/mol. The highest BCUT2D eigenvalue weighted by Crippen LogP contribution is 2.21.